The lowest BCUT2D eigenvalue weighted by atomic mass is 10.1. The second kappa shape index (κ2) is 6.86. The van der Waals surface area contributed by atoms with Gasteiger partial charge >= 0.3 is 6.18 Å². The summed E-state index contributed by atoms with van der Waals surface area (Å²) in [7, 11) is 1.36. The first-order valence-electron chi connectivity index (χ1n) is 7.94. The van der Waals surface area contributed by atoms with Gasteiger partial charge in [0.25, 0.3) is 5.91 Å². The quantitative estimate of drug-likeness (QED) is 0.696. The molecule has 2 heterocycles. The number of halogens is 3. The predicted molar refractivity (Wildman–Crippen MR) is 88.1 cm³/mol. The molecule has 0 aliphatic carbocycles. The molecule has 27 heavy (non-hydrogen) atoms. The van der Waals surface area contributed by atoms with Crippen LogP contribution in [0.15, 0.2) is 35.0 Å². The van der Waals surface area contributed by atoms with E-state index in [1.807, 2.05) is 0 Å². The zero-order valence-electron chi connectivity index (χ0n) is 14.8. The van der Waals surface area contributed by atoms with Crippen LogP contribution >= 0.6 is 0 Å². The second-order valence-corrected chi connectivity index (χ2v) is 5.99. The molecule has 0 fully saturated rings. The van der Waals surface area contributed by atoms with Crippen molar-refractivity contribution >= 4 is 5.91 Å². The Bertz CT molecular complexity index is 977. The predicted octanol–water partition coefficient (Wildman–Crippen LogP) is 3.16. The molecule has 0 aliphatic heterocycles. The van der Waals surface area contributed by atoms with Crippen LogP contribution < -0.4 is 0 Å². The Balaban J connectivity index is 2.00. The molecular formula is C17H16F3N5O2. The van der Waals surface area contributed by atoms with Crippen molar-refractivity contribution in [2.45, 2.75) is 26.6 Å². The number of hydrogen-bond acceptors (Lipinski definition) is 5. The van der Waals surface area contributed by atoms with Gasteiger partial charge in [0.2, 0.25) is 5.89 Å². The molecule has 10 heteroatoms. The maximum absolute atomic E-state index is 13.7. The van der Waals surface area contributed by atoms with Crippen LogP contribution in [0.2, 0.25) is 0 Å². The molecule has 0 radical (unpaired) electrons. The molecule has 7 nitrogen and oxygen atoms in total. The highest BCUT2D eigenvalue weighted by atomic mass is 19.4. The Morgan fingerprint density at radius 2 is 1.96 bits per heavy atom. The van der Waals surface area contributed by atoms with Crippen molar-refractivity contribution in [2.24, 2.45) is 0 Å². The molecule has 3 rings (SSSR count). The summed E-state index contributed by atoms with van der Waals surface area (Å²) in [5.74, 6) is -0.345. The largest absolute Gasteiger partial charge is 0.434 e. The Morgan fingerprint density at radius 1 is 1.26 bits per heavy atom. The third kappa shape index (κ3) is 3.69. The average molecular weight is 379 g/mol. The van der Waals surface area contributed by atoms with E-state index in [2.05, 4.69) is 15.2 Å². The highest BCUT2D eigenvalue weighted by Gasteiger charge is 2.41. The van der Waals surface area contributed by atoms with Crippen LogP contribution in [0.3, 0.4) is 0 Å². The standard InChI is InChI=1S/C17H16F3N5O2/c1-10-6-4-5-7-13(10)25-15(17(18,19)20)12(8-21-25)16(26)24(3)9-14-22-11(2)27-23-14/h4-8H,9H2,1-3H3. The molecule has 0 aliphatic rings. The van der Waals surface area contributed by atoms with Gasteiger partial charge in [0.15, 0.2) is 11.5 Å². The van der Waals surface area contributed by atoms with Gasteiger partial charge in [-0.05, 0) is 18.6 Å². The Hall–Kier alpha value is -3.17. The van der Waals surface area contributed by atoms with Gasteiger partial charge in [-0.1, -0.05) is 23.4 Å². The molecule has 0 saturated carbocycles. The summed E-state index contributed by atoms with van der Waals surface area (Å²) in [6.45, 7) is 3.15. The van der Waals surface area contributed by atoms with Crippen LogP contribution in [0.1, 0.15) is 33.3 Å². The summed E-state index contributed by atoms with van der Waals surface area (Å²) in [4.78, 5) is 17.7. The van der Waals surface area contributed by atoms with E-state index < -0.39 is 23.3 Å². The summed E-state index contributed by atoms with van der Waals surface area (Å²) < 4.78 is 46.8. The third-order valence-electron chi connectivity index (χ3n) is 3.91. The Kier molecular flexibility index (Phi) is 4.73. The normalized spacial score (nSPS) is 11.6. The second-order valence-electron chi connectivity index (χ2n) is 5.99. The lowest BCUT2D eigenvalue weighted by Gasteiger charge is -2.17. The number of nitrogens with zero attached hydrogens (tertiary/aromatic N) is 5. The van der Waals surface area contributed by atoms with E-state index in [-0.39, 0.29) is 18.1 Å². The lowest BCUT2D eigenvalue weighted by Crippen LogP contribution is -2.29. The SMILES string of the molecule is Cc1nc(CN(C)C(=O)c2cnn(-c3ccccc3C)c2C(F)(F)F)no1. The van der Waals surface area contributed by atoms with Crippen LogP contribution in [0.5, 0.6) is 0 Å². The van der Waals surface area contributed by atoms with E-state index in [1.54, 1.807) is 32.0 Å². The van der Waals surface area contributed by atoms with Crippen molar-refractivity contribution < 1.29 is 22.5 Å². The van der Waals surface area contributed by atoms with Gasteiger partial charge in [0.05, 0.1) is 24.0 Å². The van der Waals surface area contributed by atoms with Gasteiger partial charge < -0.3 is 9.42 Å². The minimum atomic E-state index is -4.77. The molecule has 0 N–H and O–H groups in total. The van der Waals surface area contributed by atoms with Gasteiger partial charge in [-0.2, -0.15) is 23.3 Å². The molecule has 0 unspecified atom stereocenters. The van der Waals surface area contributed by atoms with Gasteiger partial charge in [0.1, 0.15) is 0 Å². The number of para-hydroxylation sites is 1. The molecule has 0 atom stereocenters. The van der Waals surface area contributed by atoms with Crippen molar-refractivity contribution in [3.8, 4) is 5.69 Å². The smallest absolute Gasteiger partial charge is 0.340 e. The van der Waals surface area contributed by atoms with Crippen LogP contribution in [0.25, 0.3) is 5.69 Å². The first-order chi connectivity index (χ1) is 12.7. The zero-order chi connectivity index (χ0) is 19.8. The summed E-state index contributed by atoms with van der Waals surface area (Å²) in [6, 6.07) is 6.50. The Morgan fingerprint density at radius 3 is 2.56 bits per heavy atom. The molecule has 2 aromatic heterocycles. The van der Waals surface area contributed by atoms with Crippen LogP contribution in [0.4, 0.5) is 13.2 Å². The minimum absolute atomic E-state index is 0.0942. The number of carbonyl (C=O) groups excluding carboxylic acids is 1. The number of hydrogen-bond donors (Lipinski definition) is 0. The number of aryl methyl sites for hydroxylation is 2. The van der Waals surface area contributed by atoms with Gasteiger partial charge in [-0.25, -0.2) is 4.68 Å². The molecular weight excluding hydrogens is 363 g/mol. The number of carbonyl (C=O) groups is 1. The van der Waals surface area contributed by atoms with E-state index in [0.717, 1.165) is 15.8 Å². The van der Waals surface area contributed by atoms with Crippen LogP contribution in [-0.4, -0.2) is 37.8 Å². The zero-order valence-corrected chi connectivity index (χ0v) is 14.8. The fourth-order valence-corrected chi connectivity index (χ4v) is 2.66. The molecule has 1 amide bonds. The first kappa shape index (κ1) is 18.6. The van der Waals surface area contributed by atoms with E-state index >= 15 is 0 Å². The summed E-state index contributed by atoms with van der Waals surface area (Å²) >= 11 is 0. The molecule has 0 saturated heterocycles. The summed E-state index contributed by atoms with van der Waals surface area (Å²) in [6.07, 6.45) is -3.84. The van der Waals surface area contributed by atoms with Gasteiger partial charge in [-0.15, -0.1) is 0 Å². The first-order valence-corrected chi connectivity index (χ1v) is 7.94. The molecule has 1 aromatic carbocycles. The fourth-order valence-electron chi connectivity index (χ4n) is 2.66. The number of amides is 1. The van der Waals surface area contributed by atoms with Crippen molar-refractivity contribution in [2.75, 3.05) is 7.05 Å². The number of alkyl halides is 3. The monoisotopic (exact) mass is 379 g/mol. The third-order valence-corrected chi connectivity index (χ3v) is 3.91. The van der Waals surface area contributed by atoms with Crippen molar-refractivity contribution in [3.63, 3.8) is 0 Å². The molecule has 0 bridgehead atoms. The minimum Gasteiger partial charge on any atom is -0.340 e. The van der Waals surface area contributed by atoms with E-state index in [4.69, 9.17) is 4.52 Å². The summed E-state index contributed by atoms with van der Waals surface area (Å²) in [5.41, 5.74) is -0.826. The fraction of sp³-hybridized carbons (Fsp3) is 0.294. The topological polar surface area (TPSA) is 77.1 Å². The maximum atomic E-state index is 13.7. The number of benzene rings is 1. The van der Waals surface area contributed by atoms with E-state index in [9.17, 15) is 18.0 Å². The summed E-state index contributed by atoms with van der Waals surface area (Å²) in [5, 5.41) is 7.47. The van der Waals surface area contributed by atoms with E-state index in [0.29, 0.717) is 11.5 Å². The highest BCUT2D eigenvalue weighted by molar-refractivity contribution is 5.95. The lowest BCUT2D eigenvalue weighted by molar-refractivity contribution is -0.143. The van der Waals surface area contributed by atoms with E-state index in [1.165, 1.54) is 13.1 Å². The Labute approximate surface area is 152 Å². The van der Waals surface area contributed by atoms with Crippen molar-refractivity contribution in [1.82, 2.24) is 24.8 Å². The van der Waals surface area contributed by atoms with Gasteiger partial charge in [0, 0.05) is 14.0 Å². The van der Waals surface area contributed by atoms with Crippen molar-refractivity contribution in [3.05, 3.63) is 59.0 Å². The maximum Gasteiger partial charge on any atom is 0.434 e. The van der Waals surface area contributed by atoms with Crippen LogP contribution in [0, 0.1) is 13.8 Å². The van der Waals surface area contributed by atoms with Crippen molar-refractivity contribution in [1.29, 1.82) is 0 Å². The average Bonchev–Trinajstić information content (AvgIpc) is 3.20. The molecule has 3 aromatic rings. The number of rotatable bonds is 4. The highest BCUT2D eigenvalue weighted by Crippen LogP contribution is 2.34. The number of aromatic nitrogens is 4. The molecule has 142 valence electrons. The molecule has 0 spiro atoms. The van der Waals surface area contributed by atoms with Gasteiger partial charge in [-0.3, -0.25) is 4.79 Å². The van der Waals surface area contributed by atoms with Crippen LogP contribution in [-0.2, 0) is 12.7 Å².